The van der Waals surface area contributed by atoms with E-state index in [0.29, 0.717) is 26.0 Å². The summed E-state index contributed by atoms with van der Waals surface area (Å²) < 4.78 is 6.85. The molecule has 2 aromatic rings. The molecule has 3 rings (SSSR count). The molecule has 0 spiro atoms. The molecular weight excluding hydrogens is 460 g/mol. The summed E-state index contributed by atoms with van der Waals surface area (Å²) in [6, 6.07) is 14.6. The van der Waals surface area contributed by atoms with E-state index in [1.807, 2.05) is 49.4 Å². The monoisotopic (exact) mass is 476 g/mol. The number of ether oxygens (including phenoxy) is 1. The zero-order valence-corrected chi connectivity index (χ0v) is 18.2. The zero-order valence-electron chi connectivity index (χ0n) is 15.0. The Bertz CT molecular complexity index is 948. The number of benzene rings is 2. The van der Waals surface area contributed by atoms with E-state index in [0.717, 1.165) is 11.3 Å². The maximum atomic E-state index is 12.3. The highest BCUT2D eigenvalue weighted by atomic mass is 79.9. The third-order valence-electron chi connectivity index (χ3n) is 3.86. The van der Waals surface area contributed by atoms with Gasteiger partial charge in [-0.25, -0.2) is 0 Å². The van der Waals surface area contributed by atoms with Crippen molar-refractivity contribution < 1.29 is 14.3 Å². The summed E-state index contributed by atoms with van der Waals surface area (Å²) in [6.45, 7) is 2.34. The van der Waals surface area contributed by atoms with Crippen LogP contribution in [0.1, 0.15) is 12.5 Å². The number of likely N-dealkylation sites (N-methyl/N-ethyl adjacent to an activating group) is 1. The maximum Gasteiger partial charge on any atom is 0.266 e. The fraction of sp³-hybridized carbons (Fsp3) is 0.150. The third kappa shape index (κ3) is 5.01. The summed E-state index contributed by atoms with van der Waals surface area (Å²) in [5.74, 6) is 0.221. The minimum atomic E-state index is -0.245. The van der Waals surface area contributed by atoms with Crippen LogP contribution < -0.4 is 10.1 Å². The van der Waals surface area contributed by atoms with E-state index in [-0.39, 0.29) is 18.4 Å². The van der Waals surface area contributed by atoms with Crippen LogP contribution >= 0.6 is 39.9 Å². The molecule has 0 atom stereocenters. The Kier molecular flexibility index (Phi) is 6.88. The highest BCUT2D eigenvalue weighted by Crippen LogP contribution is 2.33. The smallest absolute Gasteiger partial charge is 0.266 e. The van der Waals surface area contributed by atoms with E-state index in [4.69, 9.17) is 17.0 Å². The van der Waals surface area contributed by atoms with Crippen molar-refractivity contribution in [2.24, 2.45) is 0 Å². The number of para-hydroxylation sites is 1. The maximum absolute atomic E-state index is 12.3. The Hall–Kier alpha value is -2.16. The first kappa shape index (κ1) is 20.6. The number of carbonyl (C=O) groups excluding carboxylic acids is 2. The van der Waals surface area contributed by atoms with Gasteiger partial charge in [0, 0.05) is 12.2 Å². The number of nitrogens with zero attached hydrogens (tertiary/aromatic N) is 1. The largest absolute Gasteiger partial charge is 0.483 e. The molecule has 0 bridgehead atoms. The standard InChI is InChI=1S/C20H17BrN2O3S2/c1-2-23-19(25)17(28-20(23)27)11-13-8-9-16(15(21)10-13)26-12-18(24)22-14-6-4-3-5-7-14/h3-11H,2,12H2,1H3,(H,22,24). The fourth-order valence-corrected chi connectivity index (χ4v) is 4.40. The summed E-state index contributed by atoms with van der Waals surface area (Å²) in [7, 11) is 0. The molecule has 28 heavy (non-hydrogen) atoms. The van der Waals surface area contributed by atoms with E-state index in [9.17, 15) is 9.59 Å². The van der Waals surface area contributed by atoms with Gasteiger partial charge < -0.3 is 10.1 Å². The van der Waals surface area contributed by atoms with Crippen LogP contribution in [0.2, 0.25) is 0 Å². The van der Waals surface area contributed by atoms with Crippen molar-refractivity contribution in [3.05, 3.63) is 63.5 Å². The van der Waals surface area contributed by atoms with E-state index in [2.05, 4.69) is 21.2 Å². The highest BCUT2D eigenvalue weighted by molar-refractivity contribution is 9.10. The molecule has 1 fully saturated rings. The molecule has 0 unspecified atom stereocenters. The van der Waals surface area contributed by atoms with Crippen LogP contribution in [-0.2, 0) is 9.59 Å². The number of rotatable bonds is 6. The molecule has 0 radical (unpaired) electrons. The Morgan fingerprint density at radius 2 is 2.04 bits per heavy atom. The molecule has 1 aliphatic rings. The highest BCUT2D eigenvalue weighted by Gasteiger charge is 2.30. The van der Waals surface area contributed by atoms with Crippen LogP contribution in [0.25, 0.3) is 6.08 Å². The van der Waals surface area contributed by atoms with Gasteiger partial charge in [-0.05, 0) is 58.8 Å². The van der Waals surface area contributed by atoms with Crippen LogP contribution in [-0.4, -0.2) is 34.2 Å². The molecule has 144 valence electrons. The van der Waals surface area contributed by atoms with Gasteiger partial charge in [0.05, 0.1) is 9.38 Å². The van der Waals surface area contributed by atoms with Crippen LogP contribution in [0.3, 0.4) is 0 Å². The van der Waals surface area contributed by atoms with Gasteiger partial charge in [-0.2, -0.15) is 0 Å². The van der Waals surface area contributed by atoms with Gasteiger partial charge in [0.15, 0.2) is 6.61 Å². The van der Waals surface area contributed by atoms with Gasteiger partial charge >= 0.3 is 0 Å². The number of thioether (sulfide) groups is 1. The van der Waals surface area contributed by atoms with Gasteiger partial charge in [-0.1, -0.05) is 48.2 Å². The van der Waals surface area contributed by atoms with Gasteiger partial charge in [0.2, 0.25) is 0 Å². The van der Waals surface area contributed by atoms with Crippen LogP contribution in [0.5, 0.6) is 5.75 Å². The lowest BCUT2D eigenvalue weighted by Gasteiger charge is -2.10. The second-order valence-electron chi connectivity index (χ2n) is 5.82. The quantitative estimate of drug-likeness (QED) is 0.484. The predicted octanol–water partition coefficient (Wildman–Crippen LogP) is 4.69. The Labute approximate surface area is 181 Å². The SMILES string of the molecule is CCN1C(=O)C(=Cc2ccc(OCC(=O)Nc3ccccc3)c(Br)c2)SC1=S. The molecule has 5 nitrogen and oxygen atoms in total. The van der Waals surface area contributed by atoms with Gasteiger partial charge in [-0.3, -0.25) is 14.5 Å². The summed E-state index contributed by atoms with van der Waals surface area (Å²) in [4.78, 5) is 26.5. The summed E-state index contributed by atoms with van der Waals surface area (Å²) >= 11 is 9.97. The number of anilines is 1. The Balaban J connectivity index is 1.63. The lowest BCUT2D eigenvalue weighted by molar-refractivity contribution is -0.122. The average molecular weight is 477 g/mol. The molecule has 1 saturated heterocycles. The van der Waals surface area contributed by atoms with Crippen molar-refractivity contribution in [3.63, 3.8) is 0 Å². The van der Waals surface area contributed by atoms with E-state index >= 15 is 0 Å². The first-order valence-corrected chi connectivity index (χ1v) is 10.5. The second-order valence-corrected chi connectivity index (χ2v) is 8.35. The van der Waals surface area contributed by atoms with Crippen LogP contribution in [0.15, 0.2) is 57.9 Å². The Morgan fingerprint density at radius 3 is 2.68 bits per heavy atom. The normalized spacial score (nSPS) is 15.2. The molecule has 1 heterocycles. The number of hydrogen-bond acceptors (Lipinski definition) is 5. The number of thiocarbonyl (C=S) groups is 1. The number of carbonyl (C=O) groups is 2. The Morgan fingerprint density at radius 1 is 1.29 bits per heavy atom. The molecule has 0 aromatic heterocycles. The second kappa shape index (κ2) is 9.36. The van der Waals surface area contributed by atoms with Crippen molar-refractivity contribution in [2.75, 3.05) is 18.5 Å². The van der Waals surface area contributed by atoms with Gasteiger partial charge in [-0.15, -0.1) is 0 Å². The average Bonchev–Trinajstić information content (AvgIpc) is 2.94. The first-order chi connectivity index (χ1) is 13.5. The van der Waals surface area contributed by atoms with E-state index in [1.165, 1.54) is 11.8 Å². The summed E-state index contributed by atoms with van der Waals surface area (Å²) in [5.41, 5.74) is 1.56. The summed E-state index contributed by atoms with van der Waals surface area (Å²) in [5, 5.41) is 2.76. The van der Waals surface area contributed by atoms with Gasteiger partial charge in [0.1, 0.15) is 10.1 Å². The molecule has 2 amide bonds. The number of nitrogens with one attached hydrogen (secondary N) is 1. The number of amides is 2. The minimum absolute atomic E-state index is 0.0773. The number of hydrogen-bond donors (Lipinski definition) is 1. The molecular formula is C20H17BrN2O3S2. The van der Waals surface area contributed by atoms with Crippen LogP contribution in [0.4, 0.5) is 5.69 Å². The van der Waals surface area contributed by atoms with Crippen LogP contribution in [0, 0.1) is 0 Å². The zero-order chi connectivity index (χ0) is 20.1. The lowest BCUT2D eigenvalue weighted by atomic mass is 10.2. The third-order valence-corrected chi connectivity index (χ3v) is 5.86. The molecule has 8 heteroatoms. The fourth-order valence-electron chi connectivity index (χ4n) is 2.51. The van der Waals surface area contributed by atoms with E-state index in [1.54, 1.807) is 17.0 Å². The first-order valence-electron chi connectivity index (χ1n) is 8.50. The number of halogens is 1. The molecule has 2 aromatic carbocycles. The topological polar surface area (TPSA) is 58.6 Å². The molecule has 1 aliphatic heterocycles. The molecule has 1 N–H and O–H groups in total. The van der Waals surface area contributed by atoms with Gasteiger partial charge in [0.25, 0.3) is 11.8 Å². The van der Waals surface area contributed by atoms with E-state index < -0.39 is 0 Å². The molecule has 0 aliphatic carbocycles. The summed E-state index contributed by atoms with van der Waals surface area (Å²) in [6.07, 6.45) is 1.80. The van der Waals surface area contributed by atoms with Crippen molar-refractivity contribution in [2.45, 2.75) is 6.92 Å². The minimum Gasteiger partial charge on any atom is -0.483 e. The van der Waals surface area contributed by atoms with Crippen molar-refractivity contribution in [1.29, 1.82) is 0 Å². The van der Waals surface area contributed by atoms with Crippen molar-refractivity contribution in [3.8, 4) is 5.75 Å². The van der Waals surface area contributed by atoms with Crippen molar-refractivity contribution >= 4 is 67.8 Å². The van der Waals surface area contributed by atoms with Crippen molar-refractivity contribution in [1.82, 2.24) is 4.90 Å². The molecule has 0 saturated carbocycles. The lowest BCUT2D eigenvalue weighted by Crippen LogP contribution is -2.27. The predicted molar refractivity (Wildman–Crippen MR) is 120 cm³/mol.